The number of aliphatic hydroxyl groups excluding tert-OH is 1. The Balaban J connectivity index is 1.59. The lowest BCUT2D eigenvalue weighted by atomic mass is 9.98. The van der Waals surface area contributed by atoms with Gasteiger partial charge in [-0.25, -0.2) is 0 Å². The number of hydrogen-bond acceptors (Lipinski definition) is 2. The Kier molecular flexibility index (Phi) is 5.30. The fourth-order valence-electron chi connectivity index (χ4n) is 3.66. The third-order valence-electron chi connectivity index (χ3n) is 4.86. The Bertz CT molecular complexity index is 207. The zero-order valence-corrected chi connectivity index (χ0v) is 11.3. The van der Waals surface area contributed by atoms with Crippen molar-refractivity contribution in [1.29, 1.82) is 0 Å². The second kappa shape index (κ2) is 6.75. The Morgan fingerprint density at radius 3 is 2.29 bits per heavy atom. The molecule has 0 aromatic heterocycles. The molecule has 2 aliphatic rings. The zero-order valence-electron chi connectivity index (χ0n) is 11.3. The van der Waals surface area contributed by atoms with Crippen LogP contribution in [0.2, 0.25) is 0 Å². The molecule has 2 nitrogen and oxygen atoms in total. The highest BCUT2D eigenvalue weighted by Crippen LogP contribution is 2.29. The summed E-state index contributed by atoms with van der Waals surface area (Å²) in [5, 5.41) is 13.6. The summed E-state index contributed by atoms with van der Waals surface area (Å²) in [6.07, 6.45) is 11.9. The fourth-order valence-corrected chi connectivity index (χ4v) is 3.66. The molecule has 2 heteroatoms. The van der Waals surface area contributed by atoms with E-state index in [0.29, 0.717) is 6.04 Å². The van der Waals surface area contributed by atoms with Gasteiger partial charge in [0.05, 0.1) is 6.10 Å². The zero-order chi connectivity index (χ0) is 12.1. The summed E-state index contributed by atoms with van der Waals surface area (Å²) in [5.74, 6) is 1.65. The van der Waals surface area contributed by atoms with Crippen molar-refractivity contribution >= 4 is 0 Å². The van der Waals surface area contributed by atoms with Gasteiger partial charge >= 0.3 is 0 Å². The van der Waals surface area contributed by atoms with Crippen molar-refractivity contribution in [3.05, 3.63) is 0 Å². The van der Waals surface area contributed by atoms with E-state index in [-0.39, 0.29) is 6.10 Å². The normalized spacial score (nSPS) is 26.5. The van der Waals surface area contributed by atoms with Crippen LogP contribution in [0, 0.1) is 11.8 Å². The number of nitrogens with one attached hydrogen (secondary N) is 1. The topological polar surface area (TPSA) is 32.3 Å². The molecule has 2 atom stereocenters. The van der Waals surface area contributed by atoms with Gasteiger partial charge in [-0.05, 0) is 38.0 Å². The minimum Gasteiger partial charge on any atom is -0.392 e. The SMILES string of the molecule is C[C@H](NCC(O)CC1CCCC1)C1CCCC1. The van der Waals surface area contributed by atoms with E-state index in [9.17, 15) is 5.11 Å². The average molecular weight is 239 g/mol. The maximum Gasteiger partial charge on any atom is 0.0667 e. The summed E-state index contributed by atoms with van der Waals surface area (Å²) < 4.78 is 0. The van der Waals surface area contributed by atoms with Gasteiger partial charge in [0.2, 0.25) is 0 Å². The molecule has 0 aromatic rings. The van der Waals surface area contributed by atoms with E-state index in [1.165, 1.54) is 51.4 Å². The number of rotatable bonds is 6. The van der Waals surface area contributed by atoms with Gasteiger partial charge in [0.15, 0.2) is 0 Å². The van der Waals surface area contributed by atoms with E-state index in [4.69, 9.17) is 0 Å². The standard InChI is InChI=1S/C15H29NO/c1-12(14-8-4-5-9-14)16-11-15(17)10-13-6-2-3-7-13/h12-17H,2-11H2,1H3/t12-,15?/m0/s1. The van der Waals surface area contributed by atoms with Crippen LogP contribution in [0.5, 0.6) is 0 Å². The molecule has 2 saturated carbocycles. The lowest BCUT2D eigenvalue weighted by Gasteiger charge is -2.23. The van der Waals surface area contributed by atoms with Gasteiger partial charge in [-0.3, -0.25) is 0 Å². The molecule has 2 rings (SSSR count). The van der Waals surface area contributed by atoms with Crippen molar-refractivity contribution in [1.82, 2.24) is 5.32 Å². The molecule has 0 bridgehead atoms. The third-order valence-corrected chi connectivity index (χ3v) is 4.86. The molecule has 100 valence electrons. The third kappa shape index (κ3) is 4.26. The molecule has 0 amide bonds. The molecule has 0 aliphatic heterocycles. The van der Waals surface area contributed by atoms with Crippen molar-refractivity contribution in [2.45, 2.75) is 76.9 Å². The van der Waals surface area contributed by atoms with Gasteiger partial charge in [-0.1, -0.05) is 38.5 Å². The lowest BCUT2D eigenvalue weighted by molar-refractivity contribution is 0.134. The highest BCUT2D eigenvalue weighted by atomic mass is 16.3. The first-order chi connectivity index (χ1) is 8.25. The summed E-state index contributed by atoms with van der Waals surface area (Å²) in [7, 11) is 0. The molecule has 0 radical (unpaired) electrons. The maximum absolute atomic E-state index is 10.0. The van der Waals surface area contributed by atoms with Crippen LogP contribution in [0.4, 0.5) is 0 Å². The second-order valence-corrected chi connectivity index (χ2v) is 6.28. The van der Waals surface area contributed by atoms with E-state index >= 15 is 0 Å². The fraction of sp³-hybridized carbons (Fsp3) is 1.00. The van der Waals surface area contributed by atoms with Crippen LogP contribution in [0.25, 0.3) is 0 Å². The summed E-state index contributed by atoms with van der Waals surface area (Å²) in [5.41, 5.74) is 0. The Morgan fingerprint density at radius 2 is 1.65 bits per heavy atom. The van der Waals surface area contributed by atoms with Crippen LogP contribution >= 0.6 is 0 Å². The maximum atomic E-state index is 10.0. The van der Waals surface area contributed by atoms with Crippen LogP contribution in [0.15, 0.2) is 0 Å². The van der Waals surface area contributed by atoms with E-state index < -0.39 is 0 Å². The molecule has 0 saturated heterocycles. The Labute approximate surface area is 106 Å². The van der Waals surface area contributed by atoms with Gasteiger partial charge < -0.3 is 10.4 Å². The number of aliphatic hydroxyl groups is 1. The first-order valence-electron chi connectivity index (χ1n) is 7.67. The van der Waals surface area contributed by atoms with Crippen molar-refractivity contribution in [3.63, 3.8) is 0 Å². The summed E-state index contributed by atoms with van der Waals surface area (Å²) in [6.45, 7) is 3.09. The van der Waals surface area contributed by atoms with Crippen LogP contribution < -0.4 is 5.32 Å². The molecule has 0 aromatic carbocycles. The van der Waals surface area contributed by atoms with Gasteiger partial charge in [0.25, 0.3) is 0 Å². The van der Waals surface area contributed by atoms with Crippen molar-refractivity contribution in [2.75, 3.05) is 6.54 Å². The smallest absolute Gasteiger partial charge is 0.0667 e. The van der Waals surface area contributed by atoms with E-state index in [1.807, 2.05) is 0 Å². The second-order valence-electron chi connectivity index (χ2n) is 6.28. The summed E-state index contributed by atoms with van der Waals surface area (Å²) >= 11 is 0. The van der Waals surface area contributed by atoms with Crippen LogP contribution in [-0.4, -0.2) is 23.8 Å². The molecule has 17 heavy (non-hydrogen) atoms. The van der Waals surface area contributed by atoms with E-state index in [1.54, 1.807) is 0 Å². The molecule has 0 spiro atoms. The average Bonchev–Trinajstić information content (AvgIpc) is 2.97. The van der Waals surface area contributed by atoms with Crippen molar-refractivity contribution < 1.29 is 5.11 Å². The van der Waals surface area contributed by atoms with Gasteiger partial charge in [-0.2, -0.15) is 0 Å². The van der Waals surface area contributed by atoms with Gasteiger partial charge in [0, 0.05) is 12.6 Å². The molecule has 0 heterocycles. The monoisotopic (exact) mass is 239 g/mol. The quantitative estimate of drug-likeness (QED) is 0.746. The van der Waals surface area contributed by atoms with Crippen LogP contribution in [0.3, 0.4) is 0 Å². The van der Waals surface area contributed by atoms with Crippen LogP contribution in [-0.2, 0) is 0 Å². The molecular weight excluding hydrogens is 210 g/mol. The first-order valence-corrected chi connectivity index (χ1v) is 7.67. The van der Waals surface area contributed by atoms with E-state index in [2.05, 4.69) is 12.2 Å². The van der Waals surface area contributed by atoms with E-state index in [0.717, 1.165) is 24.8 Å². The predicted octanol–water partition coefficient (Wildman–Crippen LogP) is 3.10. The highest BCUT2D eigenvalue weighted by molar-refractivity contribution is 4.79. The van der Waals surface area contributed by atoms with Gasteiger partial charge in [0.1, 0.15) is 0 Å². The van der Waals surface area contributed by atoms with Crippen molar-refractivity contribution in [3.8, 4) is 0 Å². The largest absolute Gasteiger partial charge is 0.392 e. The molecular formula is C15H29NO. The molecule has 2 aliphatic carbocycles. The van der Waals surface area contributed by atoms with Crippen molar-refractivity contribution in [2.24, 2.45) is 11.8 Å². The predicted molar refractivity (Wildman–Crippen MR) is 72.0 cm³/mol. The summed E-state index contributed by atoms with van der Waals surface area (Å²) in [6, 6.07) is 0.593. The Morgan fingerprint density at radius 1 is 1.06 bits per heavy atom. The number of hydrogen-bond donors (Lipinski definition) is 2. The minimum absolute atomic E-state index is 0.123. The molecule has 2 fully saturated rings. The lowest BCUT2D eigenvalue weighted by Crippen LogP contribution is -2.38. The first kappa shape index (κ1) is 13.4. The van der Waals surface area contributed by atoms with Gasteiger partial charge in [-0.15, -0.1) is 0 Å². The highest BCUT2D eigenvalue weighted by Gasteiger charge is 2.23. The molecule has 2 N–H and O–H groups in total. The summed E-state index contributed by atoms with van der Waals surface area (Å²) in [4.78, 5) is 0. The minimum atomic E-state index is -0.123. The van der Waals surface area contributed by atoms with Crippen LogP contribution in [0.1, 0.15) is 64.7 Å². The Hall–Kier alpha value is -0.0800. The molecule has 1 unspecified atom stereocenters.